The molecule has 0 aliphatic rings. The summed E-state index contributed by atoms with van der Waals surface area (Å²) in [5, 5.41) is 0. The lowest BCUT2D eigenvalue weighted by molar-refractivity contribution is -0.257. The maximum absolute atomic E-state index is 9.63. The summed E-state index contributed by atoms with van der Waals surface area (Å²) in [6, 6.07) is 16.6. The molecule has 0 saturated heterocycles. The molecule has 0 atom stereocenters. The summed E-state index contributed by atoms with van der Waals surface area (Å²) in [6.07, 6.45) is 2.07. The van der Waals surface area contributed by atoms with Crippen molar-refractivity contribution in [2.75, 3.05) is 0 Å². The maximum atomic E-state index is 9.63. The van der Waals surface area contributed by atoms with Crippen LogP contribution in [0.3, 0.4) is 0 Å². The zero-order valence-corrected chi connectivity index (χ0v) is 15.1. The molecule has 0 bridgehead atoms. The Morgan fingerprint density at radius 2 is 1.04 bits per heavy atom. The first-order valence-corrected chi connectivity index (χ1v) is 10.2. The first kappa shape index (κ1) is 21.7. The van der Waals surface area contributed by atoms with Gasteiger partial charge in [-0.1, -0.05) is 36.4 Å². The normalized spacial score (nSPS) is 11.6. The Kier molecular flexibility index (Phi) is 8.11. The van der Waals surface area contributed by atoms with Crippen LogP contribution in [0.15, 0.2) is 48.5 Å². The van der Waals surface area contributed by atoms with Crippen LogP contribution in [0.4, 0.5) is 11.4 Å². The van der Waals surface area contributed by atoms with Crippen molar-refractivity contribution >= 4 is 27.0 Å². The van der Waals surface area contributed by atoms with Crippen molar-refractivity contribution in [1.29, 1.82) is 0 Å². The summed E-state index contributed by atoms with van der Waals surface area (Å²) in [5.74, 6) is 0. The molecular weight excluding hydrogens is 370 g/mol. The molecule has 2 aromatic rings. The Bertz CT molecular complexity index is 723. The van der Waals surface area contributed by atoms with Crippen LogP contribution in [0.25, 0.3) is 0 Å². The quantitative estimate of drug-likeness (QED) is 0.399. The van der Waals surface area contributed by atoms with Crippen molar-refractivity contribution < 1.29 is 44.5 Å². The van der Waals surface area contributed by atoms with E-state index in [0.29, 0.717) is 0 Å². The predicted molar refractivity (Wildman–Crippen MR) is 90.6 cm³/mol. The van der Waals surface area contributed by atoms with Gasteiger partial charge < -0.3 is 31.0 Å². The smallest absolute Gasteiger partial charge is 0.325 e. The van der Waals surface area contributed by atoms with E-state index in [2.05, 4.69) is 52.2 Å². The van der Waals surface area contributed by atoms with E-state index < -0.39 is 15.6 Å². The van der Waals surface area contributed by atoms with Crippen LogP contribution in [0.2, 0.25) is 0 Å². The second-order valence-corrected chi connectivity index (χ2v) is 7.72. The average molecular weight is 392 g/mol. The van der Waals surface area contributed by atoms with Crippen molar-refractivity contribution in [3.63, 3.8) is 0 Å². The van der Waals surface area contributed by atoms with Crippen molar-refractivity contribution in [2.45, 2.75) is 12.8 Å². The van der Waals surface area contributed by atoms with Gasteiger partial charge in [0.05, 0.1) is 0 Å². The highest BCUT2D eigenvalue weighted by Crippen LogP contribution is 2.53. The molecule has 0 heterocycles. The molecule has 11 heteroatoms. The van der Waals surface area contributed by atoms with Gasteiger partial charge in [-0.15, -0.1) is 0 Å². The Morgan fingerprint density at radius 1 is 0.720 bits per heavy atom. The largest absolute Gasteiger partial charge is 0.478 e. The first-order chi connectivity index (χ1) is 11.5. The molecule has 2 aromatic carbocycles. The molecule has 10 N–H and O–H groups in total. The van der Waals surface area contributed by atoms with Gasteiger partial charge in [-0.05, 0) is 25.0 Å². The van der Waals surface area contributed by atoms with Gasteiger partial charge in [-0.3, -0.25) is 0 Å². The highest BCUT2D eigenvalue weighted by Gasteiger charge is 2.27. The zero-order chi connectivity index (χ0) is 19.1. The summed E-state index contributed by atoms with van der Waals surface area (Å²) in [5.41, 5.74) is 13.0. The average Bonchev–Trinajstić information content (AvgIpc) is 2.45. The molecule has 2 rings (SSSR count). The van der Waals surface area contributed by atoms with E-state index in [9.17, 15) is 9.13 Å². The van der Waals surface area contributed by atoms with Crippen LogP contribution < -0.4 is 11.5 Å². The minimum Gasteiger partial charge on any atom is -0.325 e. The molecule has 0 aliphatic carbocycles. The van der Waals surface area contributed by atoms with Gasteiger partial charge in [-0.2, -0.15) is 4.31 Å². The van der Waals surface area contributed by atoms with Crippen LogP contribution in [0.5, 0.6) is 0 Å². The molecule has 0 saturated carbocycles. The second-order valence-electron chi connectivity index (χ2n) is 5.10. The number of hydrogen-bond acceptors (Lipinski definition) is 3. The number of quaternary nitrogens is 2. The molecule has 0 amide bonds. The maximum Gasteiger partial charge on any atom is 0.478 e. The van der Waals surface area contributed by atoms with E-state index in [4.69, 9.17) is 19.6 Å². The SMILES string of the molecule is O=P(O)(O)OP(=O)(O)O.[NH3+]c1ccccc1CCc1ccccc1[NH3+]. The summed E-state index contributed by atoms with van der Waals surface area (Å²) in [7, 11) is -10.1. The molecule has 0 unspecified atom stereocenters. The van der Waals surface area contributed by atoms with Crippen LogP contribution in [0, 0.1) is 0 Å². The van der Waals surface area contributed by atoms with E-state index in [1.807, 2.05) is 12.1 Å². The van der Waals surface area contributed by atoms with E-state index >= 15 is 0 Å². The molecule has 0 spiro atoms. The molecular formula is C14H22N2O7P2+2. The second kappa shape index (κ2) is 9.35. The van der Waals surface area contributed by atoms with Gasteiger partial charge >= 0.3 is 15.6 Å². The third kappa shape index (κ3) is 9.62. The summed E-state index contributed by atoms with van der Waals surface area (Å²) in [6.45, 7) is 0. The number of phosphoric acid groups is 2. The topological polar surface area (TPSA) is 180 Å². The van der Waals surface area contributed by atoms with Crippen molar-refractivity contribution in [1.82, 2.24) is 0 Å². The van der Waals surface area contributed by atoms with Crippen LogP contribution in [0.1, 0.15) is 11.1 Å². The van der Waals surface area contributed by atoms with Crippen molar-refractivity contribution in [3.8, 4) is 0 Å². The molecule has 9 nitrogen and oxygen atoms in total. The highest BCUT2D eigenvalue weighted by molar-refractivity contribution is 7.60. The fourth-order valence-corrected chi connectivity index (χ4v) is 3.12. The molecule has 0 radical (unpaired) electrons. The molecule has 25 heavy (non-hydrogen) atoms. The Morgan fingerprint density at radius 3 is 1.28 bits per heavy atom. The Hall–Kier alpha value is -1.38. The number of benzene rings is 2. The number of aryl methyl sites for hydroxylation is 2. The standard InChI is InChI=1S/C14H16N2.H4O7P2/c15-13-7-3-1-5-11(13)9-10-12-6-2-4-8-14(12)16;1-8(2,3)7-9(4,5)6/h1-8H,9-10,15-16H2;(H2,1,2,3)(H2,4,5,6)/p+2. The van der Waals surface area contributed by atoms with E-state index in [0.717, 1.165) is 24.2 Å². The van der Waals surface area contributed by atoms with Gasteiger partial charge in [0, 0.05) is 11.1 Å². The van der Waals surface area contributed by atoms with Crippen molar-refractivity contribution in [3.05, 3.63) is 59.7 Å². The van der Waals surface area contributed by atoms with Gasteiger partial charge in [-0.25, -0.2) is 9.13 Å². The van der Waals surface area contributed by atoms with E-state index in [1.54, 1.807) is 0 Å². The van der Waals surface area contributed by atoms with Crippen molar-refractivity contribution in [2.24, 2.45) is 0 Å². The number of hydrogen-bond donors (Lipinski definition) is 6. The lowest BCUT2D eigenvalue weighted by atomic mass is 10.0. The molecule has 0 aliphatic heterocycles. The minimum atomic E-state index is -5.05. The third-order valence-corrected chi connectivity index (χ3v) is 4.81. The summed E-state index contributed by atoms with van der Waals surface area (Å²) < 4.78 is 22.2. The monoisotopic (exact) mass is 392 g/mol. The highest BCUT2D eigenvalue weighted by atomic mass is 31.3. The summed E-state index contributed by atoms with van der Waals surface area (Å²) >= 11 is 0. The minimum absolute atomic E-state index is 1.03. The zero-order valence-electron chi connectivity index (χ0n) is 13.4. The molecule has 0 fully saturated rings. The van der Waals surface area contributed by atoms with Gasteiger partial charge in [0.2, 0.25) is 0 Å². The van der Waals surface area contributed by atoms with Crippen LogP contribution in [-0.2, 0) is 26.3 Å². The van der Waals surface area contributed by atoms with Gasteiger partial charge in [0.1, 0.15) is 11.4 Å². The lowest BCUT2D eigenvalue weighted by Crippen LogP contribution is -2.42. The van der Waals surface area contributed by atoms with E-state index in [-0.39, 0.29) is 0 Å². The third-order valence-electron chi connectivity index (χ3n) is 3.11. The molecule has 138 valence electrons. The van der Waals surface area contributed by atoms with E-state index in [1.165, 1.54) is 11.1 Å². The van der Waals surface area contributed by atoms with Gasteiger partial charge in [0.25, 0.3) is 0 Å². The number of rotatable bonds is 5. The summed E-state index contributed by atoms with van der Waals surface area (Å²) in [4.78, 5) is 31.0. The van der Waals surface area contributed by atoms with Crippen LogP contribution in [-0.4, -0.2) is 19.6 Å². The Labute approximate surface area is 144 Å². The predicted octanol–water partition coefficient (Wildman–Crippen LogP) is 0.407. The van der Waals surface area contributed by atoms with Crippen LogP contribution >= 0.6 is 15.6 Å². The fourth-order valence-electron chi connectivity index (χ4n) is 2.01. The molecule has 0 aromatic heterocycles. The first-order valence-electron chi connectivity index (χ1n) is 7.10. The Balaban J connectivity index is 0.000000299. The van der Waals surface area contributed by atoms with Gasteiger partial charge in [0.15, 0.2) is 0 Å². The lowest BCUT2D eigenvalue weighted by Gasteiger charge is -2.03. The fraction of sp³-hybridized carbons (Fsp3) is 0.143.